The highest BCUT2D eigenvalue weighted by Crippen LogP contribution is 2.48. The maximum Gasteiger partial charge on any atom is 0.328 e. The van der Waals surface area contributed by atoms with Gasteiger partial charge < -0.3 is 5.32 Å². The summed E-state index contributed by atoms with van der Waals surface area (Å²) in [6, 6.07) is 8.51. The third-order valence-electron chi connectivity index (χ3n) is 7.97. The number of rotatable bonds is 8. The summed E-state index contributed by atoms with van der Waals surface area (Å²) in [5, 5.41) is 17.6. The number of nitrogens with one attached hydrogen (secondary N) is 2. The van der Waals surface area contributed by atoms with E-state index in [9.17, 15) is 4.79 Å². The molecule has 1 aromatic carbocycles. The summed E-state index contributed by atoms with van der Waals surface area (Å²) in [6.07, 6.45) is 15.7. The molecule has 0 radical (unpaired) electrons. The predicted octanol–water partition coefficient (Wildman–Crippen LogP) is 4.74. The summed E-state index contributed by atoms with van der Waals surface area (Å²) < 4.78 is 4.07. The second-order valence-corrected chi connectivity index (χ2v) is 11.3. The maximum atomic E-state index is 14.0. The van der Waals surface area contributed by atoms with Crippen LogP contribution in [-0.2, 0) is 18.4 Å². The van der Waals surface area contributed by atoms with E-state index in [4.69, 9.17) is 0 Å². The first-order chi connectivity index (χ1) is 17.3. The predicted molar refractivity (Wildman–Crippen MR) is 141 cm³/mol. The van der Waals surface area contributed by atoms with Gasteiger partial charge in [-0.1, -0.05) is 64.5 Å². The molecule has 0 amide bonds. The highest BCUT2D eigenvalue weighted by Gasteiger charge is 2.41. The van der Waals surface area contributed by atoms with Gasteiger partial charge in [-0.3, -0.25) is 9.13 Å². The van der Waals surface area contributed by atoms with Gasteiger partial charge in [-0.15, -0.1) is 5.10 Å². The van der Waals surface area contributed by atoms with Crippen LogP contribution in [-0.4, -0.2) is 29.8 Å². The Morgan fingerprint density at radius 1 is 1.17 bits per heavy atom. The van der Waals surface area contributed by atoms with E-state index < -0.39 is 5.41 Å². The summed E-state index contributed by atoms with van der Waals surface area (Å²) in [4.78, 5) is 14.0. The first-order valence-corrected chi connectivity index (χ1v) is 13.1. The molecule has 2 atom stereocenters. The van der Waals surface area contributed by atoms with E-state index in [0.717, 1.165) is 42.5 Å². The second-order valence-electron chi connectivity index (χ2n) is 11.3. The molecule has 2 aromatic heterocycles. The summed E-state index contributed by atoms with van der Waals surface area (Å²) in [5.74, 6) is 1.14. The molecule has 3 aromatic rings. The molecular formula is C28H37N7O. The van der Waals surface area contributed by atoms with Gasteiger partial charge in [0, 0.05) is 30.0 Å². The molecular weight excluding hydrogens is 450 g/mol. The van der Waals surface area contributed by atoms with E-state index in [1.54, 1.807) is 0 Å². The second kappa shape index (κ2) is 9.56. The lowest BCUT2D eigenvalue weighted by Gasteiger charge is -2.45. The topological polar surface area (TPSA) is 93.4 Å². The van der Waals surface area contributed by atoms with Crippen molar-refractivity contribution < 1.29 is 0 Å². The minimum Gasteiger partial charge on any atom is -0.368 e. The van der Waals surface area contributed by atoms with Crippen molar-refractivity contribution >= 4 is 0 Å². The van der Waals surface area contributed by atoms with Gasteiger partial charge in [0.15, 0.2) is 5.82 Å². The third-order valence-corrected chi connectivity index (χ3v) is 7.97. The molecule has 2 unspecified atom stereocenters. The highest BCUT2D eigenvalue weighted by molar-refractivity contribution is 5.57. The minimum absolute atomic E-state index is 0.107. The van der Waals surface area contributed by atoms with Crippen molar-refractivity contribution in [3.05, 3.63) is 76.8 Å². The van der Waals surface area contributed by atoms with Crippen molar-refractivity contribution in [2.75, 3.05) is 0 Å². The van der Waals surface area contributed by atoms with Crippen LogP contribution in [0.3, 0.4) is 0 Å². The molecule has 1 saturated carbocycles. The minimum atomic E-state index is -0.477. The van der Waals surface area contributed by atoms with E-state index >= 15 is 0 Å². The molecule has 190 valence electrons. The molecule has 2 N–H and O–H groups in total. The van der Waals surface area contributed by atoms with Crippen LogP contribution in [0.1, 0.15) is 70.7 Å². The first-order valence-electron chi connectivity index (χ1n) is 13.1. The van der Waals surface area contributed by atoms with Gasteiger partial charge in [0.1, 0.15) is 0 Å². The first kappa shape index (κ1) is 24.3. The van der Waals surface area contributed by atoms with E-state index in [1.807, 2.05) is 33.7 Å². The van der Waals surface area contributed by atoms with E-state index in [1.165, 1.54) is 6.42 Å². The fourth-order valence-corrected chi connectivity index (χ4v) is 5.73. The number of aryl methyl sites for hydroxylation is 1. The zero-order valence-corrected chi connectivity index (χ0v) is 21.7. The van der Waals surface area contributed by atoms with Crippen molar-refractivity contribution in [1.29, 1.82) is 0 Å². The average molecular weight is 488 g/mol. The molecule has 1 aliphatic heterocycles. The van der Waals surface area contributed by atoms with Crippen molar-refractivity contribution in [3.63, 3.8) is 0 Å². The van der Waals surface area contributed by atoms with Crippen LogP contribution in [0.4, 0.5) is 0 Å². The van der Waals surface area contributed by atoms with E-state index in [-0.39, 0.29) is 17.1 Å². The lowest BCUT2D eigenvalue weighted by Crippen LogP contribution is -2.43. The fourth-order valence-electron chi connectivity index (χ4n) is 5.73. The molecule has 1 aliphatic carbocycles. The average Bonchev–Trinajstić information content (AvgIpc) is 3.47. The summed E-state index contributed by atoms with van der Waals surface area (Å²) in [5.41, 5.74) is 2.94. The molecule has 0 saturated heterocycles. The third kappa shape index (κ3) is 4.45. The number of nitrogens with zero attached hydrogens (tertiary/aromatic N) is 5. The fraction of sp³-hybridized carbons (Fsp3) is 0.500. The largest absolute Gasteiger partial charge is 0.368 e. The van der Waals surface area contributed by atoms with Gasteiger partial charge in [-0.25, -0.2) is 9.89 Å². The Bertz CT molecular complexity index is 1290. The molecule has 5 rings (SSSR count). The standard InChI is InChI=1S/C28H37N7O/c1-5-6-10-22-18-34(24-12-11-23(24)27(2,3)4)26(36)35(22)19-28(13-15-29-16-14-28)21-9-7-8-20(17-21)25-30-32-33-31-25/h7-9,13-18,23-24,29H,5-6,10-12,19H2,1-4H3,(H,30,31,32,33). The van der Waals surface area contributed by atoms with Gasteiger partial charge in [-0.2, -0.15) is 0 Å². The number of aromatic amines is 1. The molecule has 1 fully saturated rings. The Morgan fingerprint density at radius 3 is 2.61 bits per heavy atom. The molecule has 3 heterocycles. The van der Waals surface area contributed by atoms with E-state index in [2.05, 4.69) is 84.1 Å². The number of dihydropyridines is 1. The number of unbranched alkanes of at least 4 members (excludes halogenated alkanes) is 1. The van der Waals surface area contributed by atoms with Gasteiger partial charge in [0.25, 0.3) is 0 Å². The summed E-state index contributed by atoms with van der Waals surface area (Å²) >= 11 is 0. The molecule has 8 heteroatoms. The van der Waals surface area contributed by atoms with Crippen molar-refractivity contribution in [2.45, 2.75) is 77.8 Å². The van der Waals surface area contributed by atoms with Crippen LogP contribution < -0.4 is 11.0 Å². The smallest absolute Gasteiger partial charge is 0.328 e. The number of aromatic nitrogens is 6. The SMILES string of the molecule is CCCCc1cn(C2CCC2C(C)(C)C)c(=O)n1CC1(c2cccc(-c3nnn[nH]3)c2)C=CNC=C1. The van der Waals surface area contributed by atoms with Gasteiger partial charge >= 0.3 is 5.69 Å². The van der Waals surface area contributed by atoms with E-state index in [0.29, 0.717) is 18.3 Å². The zero-order valence-electron chi connectivity index (χ0n) is 21.7. The Balaban J connectivity index is 1.56. The summed E-state index contributed by atoms with van der Waals surface area (Å²) in [6.45, 7) is 9.61. The molecule has 36 heavy (non-hydrogen) atoms. The number of hydrogen-bond donors (Lipinski definition) is 2. The zero-order chi connectivity index (χ0) is 25.3. The van der Waals surface area contributed by atoms with Crippen LogP contribution in [0.15, 0.2) is 59.8 Å². The van der Waals surface area contributed by atoms with Gasteiger partial charge in [-0.05, 0) is 71.5 Å². The van der Waals surface area contributed by atoms with Crippen molar-refractivity contribution in [3.8, 4) is 11.4 Å². The van der Waals surface area contributed by atoms with Crippen LogP contribution in [0.5, 0.6) is 0 Å². The van der Waals surface area contributed by atoms with Crippen LogP contribution >= 0.6 is 0 Å². The number of benzene rings is 1. The van der Waals surface area contributed by atoms with Crippen LogP contribution in [0.2, 0.25) is 0 Å². The monoisotopic (exact) mass is 487 g/mol. The van der Waals surface area contributed by atoms with Crippen LogP contribution in [0.25, 0.3) is 11.4 Å². The van der Waals surface area contributed by atoms with Crippen LogP contribution in [0, 0.1) is 11.3 Å². The normalized spacial score (nSPS) is 20.8. The van der Waals surface area contributed by atoms with Gasteiger partial charge in [0.05, 0.1) is 5.41 Å². The maximum absolute atomic E-state index is 14.0. The highest BCUT2D eigenvalue weighted by atomic mass is 16.1. The number of hydrogen-bond acceptors (Lipinski definition) is 5. The Labute approximate surface area is 212 Å². The van der Waals surface area contributed by atoms with Crippen molar-refractivity contribution in [1.82, 2.24) is 35.1 Å². The Hall–Kier alpha value is -3.42. The number of tetrazole rings is 1. The molecule has 0 spiro atoms. The van der Waals surface area contributed by atoms with Crippen molar-refractivity contribution in [2.24, 2.45) is 11.3 Å². The number of allylic oxidation sites excluding steroid dienone is 2. The Morgan fingerprint density at radius 2 is 1.97 bits per heavy atom. The molecule has 2 aliphatic rings. The molecule has 8 nitrogen and oxygen atoms in total. The Kier molecular flexibility index (Phi) is 6.45. The molecule has 0 bridgehead atoms. The number of imidazole rings is 1. The van der Waals surface area contributed by atoms with Gasteiger partial charge in [0.2, 0.25) is 0 Å². The number of H-pyrrole nitrogens is 1. The lowest BCUT2D eigenvalue weighted by molar-refractivity contribution is 0.0615. The lowest BCUT2D eigenvalue weighted by atomic mass is 9.65. The summed E-state index contributed by atoms with van der Waals surface area (Å²) in [7, 11) is 0. The quantitative estimate of drug-likeness (QED) is 0.479.